The monoisotopic (exact) mass is 587 g/mol. The average Bonchev–Trinajstić information content (AvgIpc) is 3.35. The van der Waals surface area contributed by atoms with Gasteiger partial charge in [-0.15, -0.1) is 11.3 Å². The van der Waals surface area contributed by atoms with Gasteiger partial charge in [-0.2, -0.15) is 0 Å². The van der Waals surface area contributed by atoms with Crippen molar-refractivity contribution in [2.24, 2.45) is 0 Å². The number of halogens is 2. The number of anilines is 2. The first kappa shape index (κ1) is 27.1. The van der Waals surface area contributed by atoms with E-state index in [1.165, 1.54) is 18.5 Å². The number of carbonyl (C=O) groups is 1. The lowest BCUT2D eigenvalue weighted by Crippen LogP contribution is -2.46. The number of amides is 1. The second kappa shape index (κ2) is 11.8. The van der Waals surface area contributed by atoms with E-state index in [2.05, 4.69) is 33.3 Å². The Morgan fingerprint density at radius 3 is 2.76 bits per heavy atom. The molecule has 3 heterocycles. The minimum atomic E-state index is -0.308. The van der Waals surface area contributed by atoms with E-state index in [9.17, 15) is 9.18 Å². The number of nitrogens with one attached hydrogen (secondary N) is 1. The third-order valence-corrected chi connectivity index (χ3v) is 8.36. The molecule has 0 atom stereocenters. The Kier molecular flexibility index (Phi) is 7.82. The Morgan fingerprint density at radius 2 is 1.95 bits per heavy atom. The Labute approximate surface area is 245 Å². The Hall–Kier alpha value is -4.05. The van der Waals surface area contributed by atoms with Gasteiger partial charge in [-0.25, -0.2) is 14.4 Å². The zero-order valence-corrected chi connectivity index (χ0v) is 23.9. The number of carbonyl (C=O) groups excluding carboxylic acids is 1. The molecule has 0 saturated carbocycles. The molecule has 1 N–H and O–H groups in total. The van der Waals surface area contributed by atoms with E-state index >= 15 is 0 Å². The maximum Gasteiger partial charge on any atom is 0.246 e. The van der Waals surface area contributed by atoms with Crippen LogP contribution in [0.3, 0.4) is 0 Å². The van der Waals surface area contributed by atoms with Crippen LogP contribution in [0.15, 0.2) is 73.1 Å². The number of ether oxygens (including phenoxy) is 1. The lowest BCUT2D eigenvalue weighted by molar-refractivity contribution is -0.127. The van der Waals surface area contributed by atoms with E-state index in [-0.39, 0.29) is 18.3 Å². The van der Waals surface area contributed by atoms with Gasteiger partial charge in [-0.3, -0.25) is 4.79 Å². The number of thiophene rings is 1. The highest BCUT2D eigenvalue weighted by atomic mass is 35.5. The van der Waals surface area contributed by atoms with Gasteiger partial charge in [0.1, 0.15) is 35.1 Å². The SMILES string of the molecule is CN1CCN(C(=O)C=Cc2ccc3c(c2)sc2ncnc(Nc4ccc(OCc5cccc(F)c5)c(Cl)c4)c23)CC1. The van der Waals surface area contributed by atoms with Crippen LogP contribution in [0, 0.1) is 5.82 Å². The summed E-state index contributed by atoms with van der Waals surface area (Å²) < 4.78 is 20.3. The van der Waals surface area contributed by atoms with Crippen LogP contribution < -0.4 is 10.1 Å². The van der Waals surface area contributed by atoms with Crippen LogP contribution in [0.25, 0.3) is 26.4 Å². The van der Waals surface area contributed by atoms with E-state index < -0.39 is 0 Å². The largest absolute Gasteiger partial charge is 0.487 e. The fraction of sp³-hybridized carbons (Fsp3) is 0.194. The maximum atomic E-state index is 13.5. The van der Waals surface area contributed by atoms with Crippen LogP contribution in [0.4, 0.5) is 15.9 Å². The summed E-state index contributed by atoms with van der Waals surface area (Å²) in [6.45, 7) is 3.49. The fourth-order valence-corrected chi connectivity index (χ4v) is 6.07. The average molecular weight is 588 g/mol. The van der Waals surface area contributed by atoms with Crippen molar-refractivity contribution in [3.63, 3.8) is 0 Å². The van der Waals surface area contributed by atoms with Crippen molar-refractivity contribution in [3.05, 3.63) is 95.0 Å². The van der Waals surface area contributed by atoms with Crippen LogP contribution in [-0.4, -0.2) is 58.9 Å². The molecule has 3 aromatic carbocycles. The lowest BCUT2D eigenvalue weighted by Gasteiger charge is -2.31. The van der Waals surface area contributed by atoms with Gasteiger partial charge in [0.25, 0.3) is 0 Å². The van der Waals surface area contributed by atoms with Crippen molar-refractivity contribution >= 4 is 66.7 Å². The topological polar surface area (TPSA) is 70.6 Å². The summed E-state index contributed by atoms with van der Waals surface area (Å²) in [4.78, 5) is 26.6. The number of piperazine rings is 1. The van der Waals surface area contributed by atoms with E-state index in [4.69, 9.17) is 16.3 Å². The Balaban J connectivity index is 1.19. The predicted molar refractivity (Wildman–Crippen MR) is 163 cm³/mol. The normalized spacial score (nSPS) is 14.3. The summed E-state index contributed by atoms with van der Waals surface area (Å²) in [5.74, 6) is 0.898. The zero-order valence-electron chi connectivity index (χ0n) is 22.3. The molecular weight excluding hydrogens is 561 g/mol. The Morgan fingerprint density at radius 1 is 1.10 bits per heavy atom. The van der Waals surface area contributed by atoms with Crippen LogP contribution >= 0.6 is 22.9 Å². The molecule has 0 unspecified atom stereocenters. The van der Waals surface area contributed by atoms with Gasteiger partial charge < -0.3 is 19.9 Å². The summed E-state index contributed by atoms with van der Waals surface area (Å²) in [6.07, 6.45) is 5.06. The highest BCUT2D eigenvalue weighted by Gasteiger charge is 2.17. The first-order valence-electron chi connectivity index (χ1n) is 13.2. The molecular formula is C31H27ClFN5O2S. The van der Waals surface area contributed by atoms with E-state index in [0.717, 1.165) is 63.3 Å². The molecule has 1 fully saturated rings. The summed E-state index contributed by atoms with van der Waals surface area (Å²) in [7, 11) is 2.07. The molecule has 208 valence electrons. The molecule has 5 aromatic rings. The molecule has 41 heavy (non-hydrogen) atoms. The van der Waals surface area contributed by atoms with Crippen molar-refractivity contribution in [3.8, 4) is 5.75 Å². The number of rotatable bonds is 7. The van der Waals surface area contributed by atoms with Crippen LogP contribution in [0.2, 0.25) is 5.02 Å². The molecule has 0 spiro atoms. The van der Waals surface area contributed by atoms with Crippen molar-refractivity contribution < 1.29 is 13.9 Å². The molecule has 1 saturated heterocycles. The summed E-state index contributed by atoms with van der Waals surface area (Å²) in [5.41, 5.74) is 2.42. The first-order chi connectivity index (χ1) is 19.9. The van der Waals surface area contributed by atoms with Gasteiger partial charge in [-0.1, -0.05) is 35.9 Å². The smallest absolute Gasteiger partial charge is 0.246 e. The van der Waals surface area contributed by atoms with Crippen LogP contribution in [-0.2, 0) is 11.4 Å². The van der Waals surface area contributed by atoms with Gasteiger partial charge in [-0.05, 0) is 60.6 Å². The Bertz CT molecular complexity index is 1770. The lowest BCUT2D eigenvalue weighted by atomic mass is 10.1. The maximum absolute atomic E-state index is 13.5. The second-order valence-corrected chi connectivity index (χ2v) is 11.3. The summed E-state index contributed by atoms with van der Waals surface area (Å²) in [5, 5.41) is 5.73. The van der Waals surface area contributed by atoms with Gasteiger partial charge in [0.15, 0.2) is 0 Å². The van der Waals surface area contributed by atoms with E-state index in [1.54, 1.807) is 41.7 Å². The minimum Gasteiger partial charge on any atom is -0.487 e. The second-order valence-electron chi connectivity index (χ2n) is 9.91. The van der Waals surface area contributed by atoms with Crippen molar-refractivity contribution in [1.82, 2.24) is 19.8 Å². The van der Waals surface area contributed by atoms with Gasteiger partial charge >= 0.3 is 0 Å². The van der Waals surface area contributed by atoms with E-state index in [0.29, 0.717) is 16.6 Å². The highest BCUT2D eigenvalue weighted by molar-refractivity contribution is 7.25. The number of aromatic nitrogens is 2. The summed E-state index contributed by atoms with van der Waals surface area (Å²) >= 11 is 8.08. The molecule has 0 aliphatic carbocycles. The molecule has 6 rings (SSSR count). The highest BCUT2D eigenvalue weighted by Crippen LogP contribution is 2.38. The minimum absolute atomic E-state index is 0.0379. The number of hydrogen-bond acceptors (Lipinski definition) is 7. The van der Waals surface area contributed by atoms with Crippen molar-refractivity contribution in [2.45, 2.75) is 6.61 Å². The molecule has 1 aliphatic heterocycles. The molecule has 0 radical (unpaired) electrons. The summed E-state index contributed by atoms with van der Waals surface area (Å²) in [6, 6.07) is 17.8. The van der Waals surface area contributed by atoms with Crippen LogP contribution in [0.5, 0.6) is 5.75 Å². The first-order valence-corrected chi connectivity index (χ1v) is 14.4. The van der Waals surface area contributed by atoms with Gasteiger partial charge in [0.2, 0.25) is 5.91 Å². The molecule has 2 aromatic heterocycles. The molecule has 1 amide bonds. The van der Waals surface area contributed by atoms with E-state index in [1.807, 2.05) is 29.2 Å². The number of nitrogens with zero attached hydrogens (tertiary/aromatic N) is 4. The molecule has 1 aliphatic rings. The number of fused-ring (bicyclic) bond motifs is 3. The van der Waals surface area contributed by atoms with Gasteiger partial charge in [0.05, 0.1) is 10.4 Å². The number of hydrogen-bond donors (Lipinski definition) is 1. The zero-order chi connectivity index (χ0) is 28.3. The third kappa shape index (κ3) is 6.17. The predicted octanol–water partition coefficient (Wildman–Crippen LogP) is 6.75. The standard InChI is InChI=1S/C31H27ClFN5O2S/c1-37-11-13-38(14-12-37)28(39)10-6-20-5-8-24-27(16-20)41-31-29(24)30(34-19-35-31)36-23-7-9-26(25(32)17-23)40-18-21-3-2-4-22(33)15-21/h2-10,15-17,19H,11-14,18H2,1H3,(H,34,35,36). The van der Waals surface area contributed by atoms with Gasteiger partial charge in [0, 0.05) is 48.0 Å². The molecule has 0 bridgehead atoms. The van der Waals surface area contributed by atoms with Crippen LogP contribution in [0.1, 0.15) is 11.1 Å². The quantitative estimate of drug-likeness (QED) is 0.213. The number of benzene rings is 3. The fourth-order valence-electron chi connectivity index (χ4n) is 4.74. The molecule has 7 nitrogen and oxygen atoms in total. The molecule has 10 heteroatoms. The number of likely N-dealkylation sites (N-methyl/N-ethyl adjacent to an activating group) is 1. The third-order valence-electron chi connectivity index (χ3n) is 7.01. The van der Waals surface area contributed by atoms with Crippen molar-refractivity contribution in [1.29, 1.82) is 0 Å². The van der Waals surface area contributed by atoms with Crippen molar-refractivity contribution in [2.75, 3.05) is 38.5 Å².